The smallest absolute Gasteiger partial charge is 0.249 e. The van der Waals surface area contributed by atoms with Gasteiger partial charge in [-0.05, 0) is 12.8 Å². The standard InChI is InChI=1S/C14H23NO2/c1-4-5-6-7-8-9-10-13(16)14(17)15-11-12(2)3/h4-9,12-13,16H,10-11H2,1-3H3,(H,15,17). The third kappa shape index (κ3) is 9.57. The number of nitrogens with one attached hydrogen (secondary N) is 1. The molecule has 0 saturated heterocycles. The molecule has 0 heterocycles. The van der Waals surface area contributed by atoms with Crippen molar-refractivity contribution in [3.8, 4) is 0 Å². The van der Waals surface area contributed by atoms with Crippen LogP contribution in [0.4, 0.5) is 0 Å². The van der Waals surface area contributed by atoms with Gasteiger partial charge in [-0.2, -0.15) is 0 Å². The van der Waals surface area contributed by atoms with Gasteiger partial charge in [0.1, 0.15) is 6.10 Å². The molecule has 1 atom stereocenters. The van der Waals surface area contributed by atoms with E-state index < -0.39 is 6.10 Å². The molecule has 0 spiro atoms. The molecule has 0 aromatic heterocycles. The Hall–Kier alpha value is -1.35. The lowest BCUT2D eigenvalue weighted by atomic mass is 10.2. The summed E-state index contributed by atoms with van der Waals surface area (Å²) in [6.45, 7) is 6.56. The van der Waals surface area contributed by atoms with Crippen LogP contribution in [0.5, 0.6) is 0 Å². The van der Waals surface area contributed by atoms with Gasteiger partial charge in [0, 0.05) is 13.0 Å². The maximum atomic E-state index is 11.4. The van der Waals surface area contributed by atoms with Crippen molar-refractivity contribution in [1.82, 2.24) is 5.32 Å². The first kappa shape index (κ1) is 15.7. The summed E-state index contributed by atoms with van der Waals surface area (Å²) in [4.78, 5) is 11.4. The van der Waals surface area contributed by atoms with Gasteiger partial charge in [-0.15, -0.1) is 0 Å². The van der Waals surface area contributed by atoms with E-state index in [9.17, 15) is 9.90 Å². The number of carbonyl (C=O) groups is 1. The Morgan fingerprint density at radius 3 is 2.47 bits per heavy atom. The summed E-state index contributed by atoms with van der Waals surface area (Å²) in [7, 11) is 0. The highest BCUT2D eigenvalue weighted by atomic mass is 16.3. The van der Waals surface area contributed by atoms with Crippen LogP contribution in [0.15, 0.2) is 36.5 Å². The highest BCUT2D eigenvalue weighted by molar-refractivity contribution is 5.80. The molecule has 0 saturated carbocycles. The van der Waals surface area contributed by atoms with E-state index in [2.05, 4.69) is 5.32 Å². The van der Waals surface area contributed by atoms with Crippen LogP contribution < -0.4 is 5.32 Å². The largest absolute Gasteiger partial charge is 0.383 e. The summed E-state index contributed by atoms with van der Waals surface area (Å²) < 4.78 is 0. The summed E-state index contributed by atoms with van der Waals surface area (Å²) >= 11 is 0. The molecule has 1 unspecified atom stereocenters. The predicted molar refractivity (Wildman–Crippen MR) is 71.6 cm³/mol. The van der Waals surface area contributed by atoms with Crippen LogP contribution in [-0.2, 0) is 4.79 Å². The lowest BCUT2D eigenvalue weighted by molar-refractivity contribution is -0.129. The Bertz CT molecular complexity index is 291. The Balaban J connectivity index is 3.84. The number of amides is 1. The molecular formula is C14H23NO2. The van der Waals surface area contributed by atoms with E-state index in [1.807, 2.05) is 51.2 Å². The molecule has 0 fully saturated rings. The third-order valence-electron chi connectivity index (χ3n) is 2.01. The van der Waals surface area contributed by atoms with Crippen LogP contribution in [0.2, 0.25) is 0 Å². The molecule has 0 bridgehead atoms. The molecule has 0 aliphatic carbocycles. The number of aliphatic hydroxyl groups excluding tert-OH is 1. The van der Waals surface area contributed by atoms with Crippen LogP contribution in [0.25, 0.3) is 0 Å². The summed E-state index contributed by atoms with van der Waals surface area (Å²) in [5.41, 5.74) is 0. The molecular weight excluding hydrogens is 214 g/mol. The lowest BCUT2D eigenvalue weighted by Gasteiger charge is -2.10. The van der Waals surface area contributed by atoms with E-state index >= 15 is 0 Å². The Morgan fingerprint density at radius 2 is 1.88 bits per heavy atom. The fourth-order valence-corrected chi connectivity index (χ4v) is 1.06. The van der Waals surface area contributed by atoms with Crippen molar-refractivity contribution in [3.05, 3.63) is 36.5 Å². The number of carbonyl (C=O) groups excluding carboxylic acids is 1. The summed E-state index contributed by atoms with van der Waals surface area (Å²) in [5, 5.41) is 12.2. The number of allylic oxidation sites excluding steroid dienone is 5. The van der Waals surface area contributed by atoms with Gasteiger partial charge in [-0.3, -0.25) is 4.79 Å². The Labute approximate surface area is 104 Å². The van der Waals surface area contributed by atoms with Crippen molar-refractivity contribution in [2.45, 2.75) is 33.3 Å². The van der Waals surface area contributed by atoms with E-state index in [0.29, 0.717) is 18.9 Å². The van der Waals surface area contributed by atoms with Crippen molar-refractivity contribution in [2.75, 3.05) is 6.54 Å². The highest BCUT2D eigenvalue weighted by Crippen LogP contribution is 1.95. The SMILES string of the molecule is CC=CC=CC=CCC(O)C(=O)NCC(C)C. The van der Waals surface area contributed by atoms with Crippen LogP contribution >= 0.6 is 0 Å². The fraction of sp³-hybridized carbons (Fsp3) is 0.500. The van der Waals surface area contributed by atoms with Crippen molar-refractivity contribution < 1.29 is 9.90 Å². The molecule has 2 N–H and O–H groups in total. The van der Waals surface area contributed by atoms with E-state index in [-0.39, 0.29) is 5.91 Å². The maximum Gasteiger partial charge on any atom is 0.249 e. The van der Waals surface area contributed by atoms with Crippen molar-refractivity contribution in [3.63, 3.8) is 0 Å². The molecule has 0 rings (SSSR count). The van der Waals surface area contributed by atoms with Crippen molar-refractivity contribution >= 4 is 5.91 Å². The van der Waals surface area contributed by atoms with E-state index in [0.717, 1.165) is 0 Å². The molecule has 3 heteroatoms. The van der Waals surface area contributed by atoms with Gasteiger partial charge in [0.25, 0.3) is 0 Å². The van der Waals surface area contributed by atoms with Crippen LogP contribution in [-0.4, -0.2) is 23.7 Å². The van der Waals surface area contributed by atoms with Crippen molar-refractivity contribution in [1.29, 1.82) is 0 Å². The molecule has 0 aliphatic rings. The van der Waals surface area contributed by atoms with Gasteiger partial charge < -0.3 is 10.4 Å². The molecule has 0 aromatic carbocycles. The number of rotatable bonds is 7. The monoisotopic (exact) mass is 237 g/mol. The second-order valence-electron chi connectivity index (χ2n) is 4.23. The van der Waals surface area contributed by atoms with Gasteiger partial charge in [-0.1, -0.05) is 50.3 Å². The molecule has 17 heavy (non-hydrogen) atoms. The second kappa shape index (κ2) is 9.85. The fourth-order valence-electron chi connectivity index (χ4n) is 1.06. The zero-order valence-corrected chi connectivity index (χ0v) is 10.9. The highest BCUT2D eigenvalue weighted by Gasteiger charge is 2.12. The summed E-state index contributed by atoms with van der Waals surface area (Å²) in [6.07, 6.45) is 10.6. The van der Waals surface area contributed by atoms with E-state index in [4.69, 9.17) is 0 Å². The van der Waals surface area contributed by atoms with Gasteiger partial charge >= 0.3 is 0 Å². The minimum atomic E-state index is -0.958. The lowest BCUT2D eigenvalue weighted by Crippen LogP contribution is -2.36. The molecule has 0 radical (unpaired) electrons. The normalized spacial score (nSPS) is 14.2. The van der Waals surface area contributed by atoms with Gasteiger partial charge in [0.2, 0.25) is 5.91 Å². The maximum absolute atomic E-state index is 11.4. The summed E-state index contributed by atoms with van der Waals surface area (Å²) in [5.74, 6) is 0.0891. The zero-order chi connectivity index (χ0) is 13.1. The quantitative estimate of drug-likeness (QED) is 0.667. The summed E-state index contributed by atoms with van der Waals surface area (Å²) in [6, 6.07) is 0. The molecule has 3 nitrogen and oxygen atoms in total. The van der Waals surface area contributed by atoms with Crippen molar-refractivity contribution in [2.24, 2.45) is 5.92 Å². The number of hydrogen-bond donors (Lipinski definition) is 2. The van der Waals surface area contributed by atoms with Gasteiger partial charge in [0.05, 0.1) is 0 Å². The van der Waals surface area contributed by atoms with Gasteiger partial charge in [0.15, 0.2) is 0 Å². The minimum Gasteiger partial charge on any atom is -0.383 e. The molecule has 1 amide bonds. The zero-order valence-electron chi connectivity index (χ0n) is 10.9. The average molecular weight is 237 g/mol. The Morgan fingerprint density at radius 1 is 1.24 bits per heavy atom. The van der Waals surface area contributed by atoms with Gasteiger partial charge in [-0.25, -0.2) is 0 Å². The first-order valence-corrected chi connectivity index (χ1v) is 5.98. The minimum absolute atomic E-state index is 0.305. The van der Waals surface area contributed by atoms with Crippen LogP contribution in [0.1, 0.15) is 27.2 Å². The average Bonchev–Trinajstić information content (AvgIpc) is 2.30. The molecule has 0 aliphatic heterocycles. The third-order valence-corrected chi connectivity index (χ3v) is 2.01. The van der Waals surface area contributed by atoms with E-state index in [1.165, 1.54) is 0 Å². The second-order valence-corrected chi connectivity index (χ2v) is 4.23. The Kier molecular flexibility index (Phi) is 9.06. The van der Waals surface area contributed by atoms with E-state index in [1.54, 1.807) is 6.08 Å². The number of aliphatic hydroxyl groups is 1. The predicted octanol–water partition coefficient (Wildman–Crippen LogP) is 2.20. The van der Waals surface area contributed by atoms with Crippen LogP contribution in [0, 0.1) is 5.92 Å². The number of hydrogen-bond acceptors (Lipinski definition) is 2. The molecule has 0 aromatic rings. The molecule has 96 valence electrons. The first-order valence-electron chi connectivity index (χ1n) is 5.98. The topological polar surface area (TPSA) is 49.3 Å². The van der Waals surface area contributed by atoms with Crippen LogP contribution in [0.3, 0.4) is 0 Å². The first-order chi connectivity index (χ1) is 8.07.